The first-order valence-electron chi connectivity index (χ1n) is 7.26. The van der Waals surface area contributed by atoms with Gasteiger partial charge in [0, 0.05) is 32.7 Å². The van der Waals surface area contributed by atoms with E-state index < -0.39 is 5.54 Å². The zero-order valence-corrected chi connectivity index (χ0v) is 12.7. The summed E-state index contributed by atoms with van der Waals surface area (Å²) in [6.07, 6.45) is 0. The summed E-state index contributed by atoms with van der Waals surface area (Å²) in [6, 6.07) is 12.1. The predicted molar refractivity (Wildman–Crippen MR) is 81.5 cm³/mol. The van der Waals surface area contributed by atoms with Crippen LogP contribution >= 0.6 is 0 Å². The number of nitrogens with one attached hydrogen (secondary N) is 1. The first kappa shape index (κ1) is 15.3. The minimum Gasteiger partial charge on any atom is -0.334 e. The fourth-order valence-electron chi connectivity index (χ4n) is 2.42. The van der Waals surface area contributed by atoms with Gasteiger partial charge < -0.3 is 10.2 Å². The first-order valence-corrected chi connectivity index (χ1v) is 7.26. The number of benzene rings is 1. The van der Waals surface area contributed by atoms with Crippen molar-refractivity contribution < 1.29 is 4.79 Å². The van der Waals surface area contributed by atoms with E-state index in [9.17, 15) is 4.79 Å². The normalized spacial score (nSPS) is 16.3. The fourth-order valence-corrected chi connectivity index (χ4v) is 2.42. The van der Waals surface area contributed by atoms with Gasteiger partial charge in [0.25, 0.3) is 0 Å². The van der Waals surface area contributed by atoms with E-state index in [4.69, 9.17) is 5.26 Å². The Labute approximate surface area is 126 Å². The predicted octanol–water partition coefficient (Wildman–Crippen LogP) is 1.82. The lowest BCUT2D eigenvalue weighted by Crippen LogP contribution is -2.56. The molecule has 1 aliphatic heterocycles. The Morgan fingerprint density at radius 3 is 2.43 bits per heavy atom. The fraction of sp³-hybridized carbons (Fsp3) is 0.500. The summed E-state index contributed by atoms with van der Waals surface area (Å²) in [6.45, 7) is 7.16. The molecule has 0 saturated carbocycles. The second kappa shape index (κ2) is 6.59. The number of hydrogen-bond donors (Lipinski definition) is 1. The molecule has 2 amide bonds. The van der Waals surface area contributed by atoms with Gasteiger partial charge in [0.05, 0.1) is 6.07 Å². The van der Waals surface area contributed by atoms with Gasteiger partial charge in [0.1, 0.15) is 5.54 Å². The summed E-state index contributed by atoms with van der Waals surface area (Å²) in [4.78, 5) is 16.1. The summed E-state index contributed by atoms with van der Waals surface area (Å²) in [7, 11) is 0. The number of carbonyl (C=O) groups excluding carboxylic acids is 1. The minimum atomic E-state index is -0.466. The highest BCUT2D eigenvalue weighted by atomic mass is 16.2. The standard InChI is InChI=1S/C16H22N4O/c1-16(2,13-17)20-10-8-19(9-11-20)15(21)18-12-14-6-4-3-5-7-14/h3-7H,8-12H2,1-2H3,(H,18,21). The third-order valence-electron chi connectivity index (χ3n) is 3.92. The highest BCUT2D eigenvalue weighted by Crippen LogP contribution is 2.15. The number of hydrogen-bond acceptors (Lipinski definition) is 3. The molecule has 0 atom stereocenters. The maximum absolute atomic E-state index is 12.1. The second-order valence-electron chi connectivity index (χ2n) is 5.79. The molecule has 0 bridgehead atoms. The van der Waals surface area contributed by atoms with Crippen LogP contribution in [0.5, 0.6) is 0 Å². The van der Waals surface area contributed by atoms with Gasteiger partial charge >= 0.3 is 6.03 Å². The SMILES string of the molecule is CC(C)(C#N)N1CCN(C(=O)NCc2ccccc2)CC1. The van der Waals surface area contributed by atoms with E-state index in [2.05, 4.69) is 16.3 Å². The van der Waals surface area contributed by atoms with E-state index in [0.29, 0.717) is 19.6 Å². The lowest BCUT2D eigenvalue weighted by molar-refractivity contribution is 0.0923. The molecule has 1 aliphatic rings. The summed E-state index contributed by atoms with van der Waals surface area (Å²) < 4.78 is 0. The third-order valence-corrected chi connectivity index (χ3v) is 3.92. The van der Waals surface area contributed by atoms with Gasteiger partial charge in [-0.05, 0) is 19.4 Å². The molecular weight excluding hydrogens is 264 g/mol. The van der Waals surface area contributed by atoms with Gasteiger partial charge in [-0.2, -0.15) is 5.26 Å². The van der Waals surface area contributed by atoms with Gasteiger partial charge in [-0.1, -0.05) is 30.3 Å². The van der Waals surface area contributed by atoms with Crippen molar-refractivity contribution >= 4 is 6.03 Å². The van der Waals surface area contributed by atoms with Gasteiger partial charge in [0.2, 0.25) is 0 Å². The number of rotatable bonds is 3. The van der Waals surface area contributed by atoms with E-state index in [1.807, 2.05) is 49.1 Å². The maximum Gasteiger partial charge on any atom is 0.317 e. The molecule has 5 heteroatoms. The van der Waals surface area contributed by atoms with Crippen LogP contribution in [0.25, 0.3) is 0 Å². The number of urea groups is 1. The zero-order chi connectivity index (χ0) is 15.3. The Hall–Kier alpha value is -2.06. The molecule has 2 rings (SSSR count). The van der Waals surface area contributed by atoms with Crippen LogP contribution in [0.1, 0.15) is 19.4 Å². The summed E-state index contributed by atoms with van der Waals surface area (Å²) in [5, 5.41) is 12.1. The Balaban J connectivity index is 1.80. The number of nitrogens with zero attached hydrogens (tertiary/aromatic N) is 3. The van der Waals surface area contributed by atoms with Crippen LogP contribution in [0.3, 0.4) is 0 Å². The lowest BCUT2D eigenvalue weighted by Gasteiger charge is -2.40. The third kappa shape index (κ3) is 3.96. The van der Waals surface area contributed by atoms with Gasteiger partial charge in [0.15, 0.2) is 0 Å². The van der Waals surface area contributed by atoms with Crippen molar-refractivity contribution in [3.8, 4) is 6.07 Å². The van der Waals surface area contributed by atoms with Gasteiger partial charge in [-0.25, -0.2) is 4.79 Å². The van der Waals surface area contributed by atoms with Crippen molar-refractivity contribution in [2.24, 2.45) is 0 Å². The van der Waals surface area contributed by atoms with Crippen molar-refractivity contribution in [3.05, 3.63) is 35.9 Å². The minimum absolute atomic E-state index is 0.0340. The lowest BCUT2D eigenvalue weighted by atomic mass is 10.0. The topological polar surface area (TPSA) is 59.4 Å². The zero-order valence-electron chi connectivity index (χ0n) is 12.7. The van der Waals surface area contributed by atoms with E-state index in [0.717, 1.165) is 18.7 Å². The van der Waals surface area contributed by atoms with Gasteiger partial charge in [-0.15, -0.1) is 0 Å². The van der Waals surface area contributed by atoms with E-state index in [-0.39, 0.29) is 6.03 Å². The molecule has 0 aliphatic carbocycles. The van der Waals surface area contributed by atoms with Crippen molar-refractivity contribution in [1.29, 1.82) is 5.26 Å². The quantitative estimate of drug-likeness (QED) is 0.922. The van der Waals surface area contributed by atoms with Crippen LogP contribution in [-0.4, -0.2) is 47.5 Å². The van der Waals surface area contributed by atoms with Crippen LogP contribution in [0.15, 0.2) is 30.3 Å². The molecule has 0 spiro atoms. The van der Waals surface area contributed by atoms with Crippen LogP contribution in [0.2, 0.25) is 0 Å². The summed E-state index contributed by atoms with van der Waals surface area (Å²) >= 11 is 0. The molecule has 1 saturated heterocycles. The molecule has 0 radical (unpaired) electrons. The van der Waals surface area contributed by atoms with Crippen LogP contribution < -0.4 is 5.32 Å². The average Bonchev–Trinajstić information content (AvgIpc) is 2.53. The van der Waals surface area contributed by atoms with E-state index >= 15 is 0 Å². The molecule has 112 valence electrons. The summed E-state index contributed by atoms with van der Waals surface area (Å²) in [5.41, 5.74) is 0.627. The Morgan fingerprint density at radius 1 is 1.24 bits per heavy atom. The second-order valence-corrected chi connectivity index (χ2v) is 5.79. The highest BCUT2D eigenvalue weighted by Gasteiger charge is 2.30. The van der Waals surface area contributed by atoms with Crippen molar-refractivity contribution in [3.63, 3.8) is 0 Å². The molecule has 21 heavy (non-hydrogen) atoms. The van der Waals surface area contributed by atoms with E-state index in [1.54, 1.807) is 0 Å². The van der Waals surface area contributed by atoms with E-state index in [1.165, 1.54) is 0 Å². The molecule has 1 N–H and O–H groups in total. The summed E-state index contributed by atoms with van der Waals surface area (Å²) in [5.74, 6) is 0. The van der Waals surface area contributed by atoms with Gasteiger partial charge in [-0.3, -0.25) is 4.90 Å². The monoisotopic (exact) mass is 286 g/mol. The van der Waals surface area contributed by atoms with Crippen molar-refractivity contribution in [1.82, 2.24) is 15.1 Å². The number of carbonyl (C=O) groups is 1. The molecule has 0 aromatic heterocycles. The van der Waals surface area contributed by atoms with Crippen LogP contribution in [0, 0.1) is 11.3 Å². The molecule has 1 fully saturated rings. The first-order chi connectivity index (χ1) is 10.0. The van der Waals surface area contributed by atoms with Crippen LogP contribution in [0.4, 0.5) is 4.79 Å². The average molecular weight is 286 g/mol. The highest BCUT2D eigenvalue weighted by molar-refractivity contribution is 5.74. The Kier molecular flexibility index (Phi) is 4.81. The molecule has 5 nitrogen and oxygen atoms in total. The number of piperazine rings is 1. The number of amides is 2. The molecule has 0 unspecified atom stereocenters. The smallest absolute Gasteiger partial charge is 0.317 e. The molecular formula is C16H22N4O. The Bertz CT molecular complexity index is 513. The number of nitriles is 1. The maximum atomic E-state index is 12.1. The molecule has 1 aromatic rings. The van der Waals surface area contributed by atoms with Crippen molar-refractivity contribution in [2.75, 3.05) is 26.2 Å². The molecule has 1 heterocycles. The Morgan fingerprint density at radius 2 is 1.86 bits per heavy atom. The van der Waals surface area contributed by atoms with Crippen LogP contribution in [-0.2, 0) is 6.54 Å². The largest absolute Gasteiger partial charge is 0.334 e. The molecule has 1 aromatic carbocycles. The van der Waals surface area contributed by atoms with Crippen molar-refractivity contribution in [2.45, 2.75) is 25.9 Å².